The van der Waals surface area contributed by atoms with E-state index in [1.807, 2.05) is 0 Å². The number of ketones is 2. The molecule has 0 radical (unpaired) electrons. The molecule has 0 bridgehead atoms. The smallest absolute Gasteiger partial charge is 0.300 e. The van der Waals surface area contributed by atoms with Crippen molar-refractivity contribution in [1.29, 1.82) is 5.53 Å². The Hall–Kier alpha value is -2.50. The fourth-order valence-electron chi connectivity index (χ4n) is 1.43. The van der Waals surface area contributed by atoms with Gasteiger partial charge in [0.15, 0.2) is 0 Å². The van der Waals surface area contributed by atoms with E-state index in [-0.39, 0.29) is 17.3 Å². The molecule has 0 unspecified atom stereocenters. The van der Waals surface area contributed by atoms with Crippen LogP contribution in [0.5, 0.6) is 0 Å². The molecule has 0 amide bonds. The molecule has 0 aromatic heterocycles. The molecule has 1 aromatic rings. The molecule has 0 saturated heterocycles. The molecule has 0 aliphatic heterocycles. The maximum atomic E-state index is 12.0. The number of hydrogen-bond donors (Lipinski definition) is 1. The Kier molecular flexibility index (Phi) is 5.40. The van der Waals surface area contributed by atoms with Gasteiger partial charge in [0.1, 0.15) is 5.78 Å². The molecule has 96 valence electrons. The third-order valence-corrected chi connectivity index (χ3v) is 2.49. The van der Waals surface area contributed by atoms with Gasteiger partial charge in [0.25, 0.3) is 5.78 Å². The highest BCUT2D eigenvalue weighted by Gasteiger charge is 2.20. The lowest BCUT2D eigenvalue weighted by molar-refractivity contribution is -0.119. The molecule has 0 spiro atoms. The lowest BCUT2D eigenvalue weighted by atomic mass is 10.0. The minimum atomic E-state index is -0.300. The van der Waals surface area contributed by atoms with E-state index >= 15 is 0 Å². The van der Waals surface area contributed by atoms with Crippen molar-refractivity contribution in [3.8, 4) is 11.8 Å². The van der Waals surface area contributed by atoms with Gasteiger partial charge >= 0.3 is 5.71 Å². The van der Waals surface area contributed by atoms with Gasteiger partial charge in [-0.3, -0.25) is 9.59 Å². The zero-order valence-electron chi connectivity index (χ0n) is 11.0. The summed E-state index contributed by atoms with van der Waals surface area (Å²) in [5, 5.41) is 0. The predicted octanol–water partition coefficient (Wildman–Crippen LogP) is 2.29. The maximum Gasteiger partial charge on any atom is 0.385 e. The van der Waals surface area contributed by atoms with Crippen molar-refractivity contribution in [3.63, 3.8) is 0 Å². The average molecular weight is 255 g/mol. The van der Waals surface area contributed by atoms with Gasteiger partial charge in [-0.25, -0.2) is 0 Å². The second-order valence-electron chi connectivity index (χ2n) is 4.08. The Balaban J connectivity index is 3.00. The zero-order chi connectivity index (χ0) is 14.3. The molecule has 0 heterocycles. The average Bonchev–Trinajstić information content (AvgIpc) is 2.42. The summed E-state index contributed by atoms with van der Waals surface area (Å²) >= 11 is 0. The first-order valence-electron chi connectivity index (χ1n) is 5.89. The second kappa shape index (κ2) is 7.05. The van der Waals surface area contributed by atoms with Gasteiger partial charge in [-0.15, -0.1) is 0 Å². The summed E-state index contributed by atoms with van der Waals surface area (Å²) in [5.74, 6) is 5.56. The van der Waals surface area contributed by atoms with E-state index in [0.717, 1.165) is 0 Å². The summed E-state index contributed by atoms with van der Waals surface area (Å²) < 4.78 is 0. The van der Waals surface area contributed by atoms with Gasteiger partial charge in [0.05, 0.1) is 10.3 Å². The van der Waals surface area contributed by atoms with Crippen molar-refractivity contribution in [2.75, 3.05) is 0 Å². The Morgan fingerprint density at radius 1 is 1.26 bits per heavy atom. The van der Waals surface area contributed by atoms with Gasteiger partial charge in [0.2, 0.25) is 0 Å². The first-order chi connectivity index (χ1) is 9.06. The molecule has 0 fully saturated rings. The Labute approximate surface area is 112 Å². The first-order valence-corrected chi connectivity index (χ1v) is 5.89. The van der Waals surface area contributed by atoms with Crippen LogP contribution < -0.4 is 0 Å². The van der Waals surface area contributed by atoms with Crippen LogP contribution in [0.3, 0.4) is 0 Å². The van der Waals surface area contributed by atoms with E-state index in [1.165, 1.54) is 13.8 Å². The van der Waals surface area contributed by atoms with Crippen molar-refractivity contribution in [2.24, 2.45) is 0 Å². The molecule has 0 aliphatic carbocycles. The summed E-state index contributed by atoms with van der Waals surface area (Å²) in [6.07, 6.45) is 0.889. The second-order valence-corrected chi connectivity index (χ2v) is 4.08. The highest BCUT2D eigenvalue weighted by atomic mass is 16.1. The quantitative estimate of drug-likeness (QED) is 0.295. The van der Waals surface area contributed by atoms with E-state index in [1.54, 1.807) is 24.3 Å². The molecule has 1 rings (SSSR count). The molecule has 0 aliphatic rings. The molecule has 1 N–H and O–H groups in total. The number of nitrogens with one attached hydrogen (secondary N) is 1. The molecule has 0 atom stereocenters. The topological polar surface area (TPSA) is 72.1 Å². The van der Waals surface area contributed by atoms with Crippen LogP contribution in [0.4, 0.5) is 0 Å². The van der Waals surface area contributed by atoms with E-state index < -0.39 is 0 Å². The number of rotatable bonds is 4. The van der Waals surface area contributed by atoms with Crippen molar-refractivity contribution in [3.05, 3.63) is 35.4 Å². The largest absolute Gasteiger partial charge is 0.385 e. The van der Waals surface area contributed by atoms with E-state index in [0.29, 0.717) is 24.0 Å². The molecule has 4 nitrogen and oxygen atoms in total. The summed E-state index contributed by atoms with van der Waals surface area (Å²) in [6.45, 7) is 3.02. The number of benzene rings is 1. The summed E-state index contributed by atoms with van der Waals surface area (Å²) in [6, 6.07) is 6.93. The van der Waals surface area contributed by atoms with Gasteiger partial charge in [0, 0.05) is 30.9 Å². The normalized spacial score (nSPS) is 8.95. The van der Waals surface area contributed by atoms with Gasteiger partial charge in [-0.1, -0.05) is 24.0 Å². The van der Waals surface area contributed by atoms with Crippen LogP contribution in [-0.4, -0.2) is 22.1 Å². The summed E-state index contributed by atoms with van der Waals surface area (Å²) in [7, 11) is 0. The van der Waals surface area contributed by atoms with Gasteiger partial charge < -0.3 is 0 Å². The lowest BCUT2D eigenvalue weighted by Crippen LogP contribution is -2.13. The number of carbonyl (C=O) groups excluding carboxylic acids is 2. The van der Waals surface area contributed by atoms with E-state index in [2.05, 4.69) is 16.6 Å². The molecule has 0 saturated carbocycles. The minimum absolute atomic E-state index is 0.0934. The summed E-state index contributed by atoms with van der Waals surface area (Å²) in [4.78, 5) is 25.9. The lowest BCUT2D eigenvalue weighted by Gasteiger charge is -1.97. The van der Waals surface area contributed by atoms with Crippen LogP contribution in [0.15, 0.2) is 24.3 Å². The predicted molar refractivity (Wildman–Crippen MR) is 71.2 cm³/mol. The molecule has 1 aromatic carbocycles. The van der Waals surface area contributed by atoms with Crippen LogP contribution in [0, 0.1) is 17.4 Å². The molecule has 19 heavy (non-hydrogen) atoms. The Bertz CT molecular complexity index is 615. The van der Waals surface area contributed by atoms with Crippen LogP contribution in [0.2, 0.25) is 0 Å². The fourth-order valence-corrected chi connectivity index (χ4v) is 1.43. The van der Waals surface area contributed by atoms with Gasteiger partial charge in [-0.05, 0) is 19.1 Å². The minimum Gasteiger partial charge on any atom is -0.300 e. The Morgan fingerprint density at radius 3 is 2.58 bits per heavy atom. The van der Waals surface area contributed by atoms with Gasteiger partial charge in [-0.2, -0.15) is 0 Å². The highest BCUT2D eigenvalue weighted by Crippen LogP contribution is 2.09. The highest BCUT2D eigenvalue weighted by molar-refractivity contribution is 6.43. The third kappa shape index (κ3) is 4.34. The Morgan fingerprint density at radius 2 is 1.95 bits per heavy atom. The van der Waals surface area contributed by atoms with Crippen molar-refractivity contribution < 1.29 is 14.4 Å². The third-order valence-electron chi connectivity index (χ3n) is 2.49. The summed E-state index contributed by atoms with van der Waals surface area (Å²) in [5.41, 5.74) is 8.02. The molecular formula is C15H15N2O2+. The fraction of sp³-hybridized carbons (Fsp3) is 0.267. The number of Topliss-reactive ketones (excluding diaryl/α,β-unsaturated/α-hetero) is 2. The maximum absolute atomic E-state index is 12.0. The van der Waals surface area contributed by atoms with Crippen LogP contribution in [0.25, 0.3) is 0 Å². The standard InChI is InChI=1S/C15H15N2O2/c1-11(18)7-3-4-8-13-9-5-6-10-14(13)15(19)12(2)17-16/h5-6,9-10,16H,3,7H2,1-2H3/q+1. The SMILES string of the molecule is CC(=O)CCC#Cc1ccccc1C(=O)C(C)=[N+]=N. The van der Waals surface area contributed by atoms with E-state index in [9.17, 15) is 9.59 Å². The molecule has 4 heteroatoms. The zero-order valence-corrected chi connectivity index (χ0v) is 11.0. The van der Waals surface area contributed by atoms with Crippen molar-refractivity contribution in [1.82, 2.24) is 0 Å². The number of nitrogens with zero attached hydrogens (tertiary/aromatic N) is 1. The van der Waals surface area contributed by atoms with Crippen molar-refractivity contribution in [2.45, 2.75) is 26.7 Å². The first kappa shape index (κ1) is 14.6. The number of carbonyl (C=O) groups is 2. The van der Waals surface area contributed by atoms with Crippen LogP contribution in [-0.2, 0) is 4.79 Å². The number of hydrogen-bond acceptors (Lipinski definition) is 3. The van der Waals surface area contributed by atoms with Crippen molar-refractivity contribution >= 4 is 17.3 Å². The van der Waals surface area contributed by atoms with Crippen LogP contribution >= 0.6 is 0 Å². The molecular weight excluding hydrogens is 240 g/mol. The monoisotopic (exact) mass is 255 g/mol. The van der Waals surface area contributed by atoms with Crippen LogP contribution in [0.1, 0.15) is 42.6 Å². The van der Waals surface area contributed by atoms with E-state index in [4.69, 9.17) is 5.53 Å².